The highest BCUT2D eigenvalue weighted by atomic mass is 19.4. The van der Waals surface area contributed by atoms with Crippen molar-refractivity contribution in [3.63, 3.8) is 0 Å². The number of benzene rings is 2. The van der Waals surface area contributed by atoms with Gasteiger partial charge in [-0.05, 0) is 47.9 Å². The molecule has 1 aromatic heterocycles. The van der Waals surface area contributed by atoms with Gasteiger partial charge in [-0.1, -0.05) is 24.3 Å². The van der Waals surface area contributed by atoms with Crippen molar-refractivity contribution < 1.29 is 22.4 Å². The van der Waals surface area contributed by atoms with Gasteiger partial charge in [0.05, 0.1) is 5.52 Å². The molecule has 0 aliphatic carbocycles. The van der Waals surface area contributed by atoms with Gasteiger partial charge in [-0.15, -0.1) is 0 Å². The number of hydrogen-bond donors (Lipinski definition) is 2. The summed E-state index contributed by atoms with van der Waals surface area (Å²) in [6.45, 7) is 2.26. The number of nitrogens with zero attached hydrogens (tertiary/aromatic N) is 2. The van der Waals surface area contributed by atoms with E-state index in [9.17, 15) is 22.4 Å². The van der Waals surface area contributed by atoms with Crippen LogP contribution in [0.5, 0.6) is 0 Å². The van der Waals surface area contributed by atoms with E-state index in [4.69, 9.17) is 5.73 Å². The number of amides is 1. The lowest BCUT2D eigenvalue weighted by molar-refractivity contribution is -0.168. The zero-order valence-corrected chi connectivity index (χ0v) is 17.3. The van der Waals surface area contributed by atoms with Gasteiger partial charge in [0.15, 0.2) is 0 Å². The number of fused-ring (bicyclic) bond motifs is 1. The molecule has 4 rings (SSSR count). The first kappa shape index (κ1) is 22.2. The number of hydrogen-bond acceptors (Lipinski definition) is 4. The lowest BCUT2D eigenvalue weighted by Gasteiger charge is -2.39. The zero-order chi connectivity index (χ0) is 23.0. The first-order valence-electron chi connectivity index (χ1n) is 10.2. The van der Waals surface area contributed by atoms with Gasteiger partial charge < -0.3 is 11.1 Å². The number of halogens is 4. The number of primary amides is 1. The number of carbonyl (C=O) groups excluding carboxylic acids is 1. The highest BCUT2D eigenvalue weighted by molar-refractivity contribution is 6.00. The topological polar surface area (TPSA) is 71.2 Å². The molecular formula is C23H22F4N4O. The summed E-state index contributed by atoms with van der Waals surface area (Å²) in [4.78, 5) is 18.0. The molecule has 0 radical (unpaired) electrons. The monoisotopic (exact) mass is 446 g/mol. The van der Waals surface area contributed by atoms with Gasteiger partial charge in [0.1, 0.15) is 17.6 Å². The minimum atomic E-state index is -4.32. The maximum Gasteiger partial charge on any atom is 0.405 e. The number of alkyl halides is 3. The number of rotatable bonds is 4. The number of pyridine rings is 1. The van der Waals surface area contributed by atoms with Gasteiger partial charge in [0.2, 0.25) is 0 Å². The summed E-state index contributed by atoms with van der Waals surface area (Å²) in [7, 11) is 0. The second-order valence-corrected chi connectivity index (χ2v) is 8.06. The second-order valence-electron chi connectivity index (χ2n) is 8.06. The molecule has 32 heavy (non-hydrogen) atoms. The largest absolute Gasteiger partial charge is 0.405 e. The highest BCUT2D eigenvalue weighted by Crippen LogP contribution is 2.30. The first-order valence-corrected chi connectivity index (χ1v) is 10.2. The van der Waals surface area contributed by atoms with E-state index < -0.39 is 18.1 Å². The molecule has 3 aromatic rings. The average Bonchev–Trinajstić information content (AvgIpc) is 2.74. The van der Waals surface area contributed by atoms with Crippen LogP contribution in [-0.4, -0.2) is 47.1 Å². The van der Waals surface area contributed by atoms with Crippen molar-refractivity contribution in [3.05, 3.63) is 65.6 Å². The third-order valence-corrected chi connectivity index (χ3v) is 5.76. The Labute approximate surface area is 182 Å². The number of piperazine rings is 1. The Bertz CT molecular complexity index is 1150. The average molecular weight is 446 g/mol. The Morgan fingerprint density at radius 2 is 1.91 bits per heavy atom. The van der Waals surface area contributed by atoms with E-state index in [2.05, 4.69) is 10.3 Å². The first-order chi connectivity index (χ1) is 15.1. The summed E-state index contributed by atoms with van der Waals surface area (Å²) in [6, 6.07) is 11.1. The van der Waals surface area contributed by atoms with Crippen LogP contribution in [-0.2, 0) is 6.54 Å². The molecule has 168 valence electrons. The fraction of sp³-hybridized carbons (Fsp3) is 0.304. The highest BCUT2D eigenvalue weighted by Gasteiger charge is 2.43. The summed E-state index contributed by atoms with van der Waals surface area (Å²) in [6.07, 6.45) is -4.32. The summed E-state index contributed by atoms with van der Waals surface area (Å²) in [5, 5.41) is 3.28. The lowest BCUT2D eigenvalue weighted by Crippen LogP contribution is -2.60. The molecule has 3 N–H and O–H groups in total. The van der Waals surface area contributed by atoms with Gasteiger partial charge in [-0.25, -0.2) is 9.37 Å². The van der Waals surface area contributed by atoms with Crippen LogP contribution in [0.25, 0.3) is 22.0 Å². The number of nitrogens with one attached hydrogen (secondary N) is 1. The van der Waals surface area contributed by atoms with Crippen molar-refractivity contribution in [2.75, 3.05) is 13.1 Å². The minimum absolute atomic E-state index is 0.0571. The fourth-order valence-corrected chi connectivity index (χ4v) is 3.96. The molecule has 9 heteroatoms. The van der Waals surface area contributed by atoms with Crippen LogP contribution < -0.4 is 11.1 Å². The van der Waals surface area contributed by atoms with E-state index in [1.54, 1.807) is 29.2 Å². The maximum absolute atomic E-state index is 13.4. The molecule has 5 nitrogen and oxygen atoms in total. The van der Waals surface area contributed by atoms with Crippen molar-refractivity contribution in [2.45, 2.75) is 31.7 Å². The van der Waals surface area contributed by atoms with Crippen LogP contribution in [0.4, 0.5) is 17.6 Å². The van der Waals surface area contributed by atoms with E-state index in [-0.39, 0.29) is 30.6 Å². The summed E-state index contributed by atoms with van der Waals surface area (Å²) >= 11 is 0. The quantitative estimate of drug-likeness (QED) is 0.597. The number of carbonyl (C=O) groups is 1. The van der Waals surface area contributed by atoms with E-state index >= 15 is 0 Å². The molecule has 1 saturated heterocycles. The molecule has 1 unspecified atom stereocenters. The van der Waals surface area contributed by atoms with Crippen molar-refractivity contribution >= 4 is 16.8 Å². The van der Waals surface area contributed by atoms with Gasteiger partial charge in [-0.3, -0.25) is 9.69 Å². The standard InChI is InChI=1S/C23H22F4N4O/c1-13-10-29-21(23(25,26)27)12-31(13)11-14-2-7-17-18(15-3-5-16(24)6-4-15)9-20(22(28)32)30-19(17)8-14/h2-9,13,21,29H,10-12H2,1H3,(H2,28,32)/t13-,21?/m1/s1. The molecule has 2 atom stereocenters. The fourth-order valence-electron chi connectivity index (χ4n) is 3.96. The second kappa shape index (κ2) is 8.48. The van der Waals surface area contributed by atoms with Crippen molar-refractivity contribution in [3.8, 4) is 11.1 Å². The summed E-state index contributed by atoms with van der Waals surface area (Å²) < 4.78 is 52.9. The molecule has 2 heterocycles. The van der Waals surface area contributed by atoms with Gasteiger partial charge >= 0.3 is 6.18 Å². The van der Waals surface area contributed by atoms with E-state index in [1.807, 2.05) is 19.1 Å². The SMILES string of the molecule is C[C@@H]1CNC(C(F)(F)F)CN1Cc1ccc2c(-c3ccc(F)cc3)cc(C(N)=O)nc2c1. The smallest absolute Gasteiger partial charge is 0.364 e. The maximum atomic E-state index is 13.4. The van der Waals surface area contributed by atoms with Gasteiger partial charge in [-0.2, -0.15) is 13.2 Å². The van der Waals surface area contributed by atoms with Crippen LogP contribution in [0.3, 0.4) is 0 Å². The molecule has 2 aromatic carbocycles. The van der Waals surface area contributed by atoms with Crippen LogP contribution in [0, 0.1) is 5.82 Å². The predicted molar refractivity (Wildman–Crippen MR) is 113 cm³/mol. The number of nitrogens with two attached hydrogens (primary N) is 1. The Morgan fingerprint density at radius 1 is 1.19 bits per heavy atom. The van der Waals surface area contributed by atoms with Crippen LogP contribution in [0.1, 0.15) is 23.0 Å². The Hall–Kier alpha value is -3.04. The van der Waals surface area contributed by atoms with E-state index in [0.29, 0.717) is 23.2 Å². The van der Waals surface area contributed by atoms with Crippen LogP contribution in [0.15, 0.2) is 48.5 Å². The Balaban J connectivity index is 1.70. The third kappa shape index (κ3) is 4.58. The predicted octanol–water partition coefficient (Wildman–Crippen LogP) is 3.86. The molecule has 1 amide bonds. The van der Waals surface area contributed by atoms with Gasteiger partial charge in [0.25, 0.3) is 5.91 Å². The zero-order valence-electron chi connectivity index (χ0n) is 17.3. The summed E-state index contributed by atoms with van der Waals surface area (Å²) in [5.74, 6) is -1.09. The van der Waals surface area contributed by atoms with Crippen molar-refractivity contribution in [1.29, 1.82) is 0 Å². The molecule has 1 aliphatic heterocycles. The molecule has 0 saturated carbocycles. The Kier molecular flexibility index (Phi) is 5.87. The minimum Gasteiger partial charge on any atom is -0.364 e. The Morgan fingerprint density at radius 3 is 2.56 bits per heavy atom. The van der Waals surface area contributed by atoms with Gasteiger partial charge in [0, 0.05) is 31.1 Å². The van der Waals surface area contributed by atoms with Crippen molar-refractivity contribution in [2.24, 2.45) is 5.73 Å². The van der Waals surface area contributed by atoms with Crippen LogP contribution >= 0.6 is 0 Å². The number of aromatic nitrogens is 1. The van der Waals surface area contributed by atoms with E-state index in [1.165, 1.54) is 12.1 Å². The molecule has 0 spiro atoms. The molecular weight excluding hydrogens is 424 g/mol. The van der Waals surface area contributed by atoms with Crippen LogP contribution in [0.2, 0.25) is 0 Å². The lowest BCUT2D eigenvalue weighted by atomic mass is 9.98. The molecule has 0 bridgehead atoms. The normalized spacial score (nSPS) is 19.9. The summed E-state index contributed by atoms with van der Waals surface area (Å²) in [5.41, 5.74) is 8.14. The molecule has 1 fully saturated rings. The molecule has 1 aliphatic rings. The van der Waals surface area contributed by atoms with E-state index in [0.717, 1.165) is 10.9 Å². The van der Waals surface area contributed by atoms with Crippen molar-refractivity contribution in [1.82, 2.24) is 15.2 Å². The third-order valence-electron chi connectivity index (χ3n) is 5.76.